The van der Waals surface area contributed by atoms with Crippen molar-refractivity contribution in [1.29, 1.82) is 0 Å². The number of rotatable bonds is 6. The first kappa shape index (κ1) is 13.7. The van der Waals surface area contributed by atoms with E-state index in [0.717, 1.165) is 12.1 Å². The fraction of sp³-hybridized carbons (Fsp3) is 0.667. The van der Waals surface area contributed by atoms with Gasteiger partial charge in [-0.1, -0.05) is 0 Å². The quantitative estimate of drug-likeness (QED) is 0.789. The maximum atomic E-state index is 5.56. The molecule has 1 heterocycles. The van der Waals surface area contributed by atoms with Crippen LogP contribution in [0.15, 0.2) is 6.07 Å². The van der Waals surface area contributed by atoms with Gasteiger partial charge in [-0.25, -0.2) is 4.98 Å². The summed E-state index contributed by atoms with van der Waals surface area (Å²) < 4.78 is 5.56. The van der Waals surface area contributed by atoms with Crippen LogP contribution in [-0.2, 0) is 0 Å². The van der Waals surface area contributed by atoms with E-state index in [2.05, 4.69) is 22.2 Å². The van der Waals surface area contributed by atoms with Crippen molar-refractivity contribution < 1.29 is 4.74 Å². The summed E-state index contributed by atoms with van der Waals surface area (Å²) >= 11 is 0. The monoisotopic (exact) mass is 238 g/mol. The fourth-order valence-corrected chi connectivity index (χ4v) is 1.45. The van der Waals surface area contributed by atoms with Crippen molar-refractivity contribution in [2.24, 2.45) is 5.73 Å². The molecule has 1 rings (SSSR count). The van der Waals surface area contributed by atoms with E-state index in [1.54, 1.807) is 0 Å². The van der Waals surface area contributed by atoms with Crippen LogP contribution >= 0.6 is 0 Å². The van der Waals surface area contributed by atoms with E-state index in [1.807, 2.05) is 26.8 Å². The van der Waals surface area contributed by atoms with Gasteiger partial charge < -0.3 is 15.8 Å². The first-order valence-electron chi connectivity index (χ1n) is 6.00. The molecule has 0 saturated carbocycles. The van der Waals surface area contributed by atoms with Crippen molar-refractivity contribution >= 4 is 5.95 Å². The van der Waals surface area contributed by atoms with Crippen molar-refractivity contribution in [3.8, 4) is 5.88 Å². The van der Waals surface area contributed by atoms with E-state index < -0.39 is 0 Å². The molecule has 5 heteroatoms. The van der Waals surface area contributed by atoms with E-state index in [4.69, 9.17) is 10.5 Å². The number of hydrogen-bond donors (Lipinski definition) is 2. The highest BCUT2D eigenvalue weighted by atomic mass is 16.5. The molecular formula is C12H22N4O. The molecule has 5 nitrogen and oxygen atoms in total. The van der Waals surface area contributed by atoms with Crippen LogP contribution < -0.4 is 15.8 Å². The molecule has 0 spiro atoms. The van der Waals surface area contributed by atoms with Crippen molar-refractivity contribution in [3.05, 3.63) is 11.8 Å². The number of nitrogens with one attached hydrogen (secondary N) is 1. The molecule has 0 saturated heterocycles. The van der Waals surface area contributed by atoms with Gasteiger partial charge in [0, 0.05) is 17.8 Å². The summed E-state index contributed by atoms with van der Waals surface area (Å²) in [5.74, 6) is 1.21. The molecule has 1 unspecified atom stereocenters. The molecule has 1 aromatic rings. The Balaban J connectivity index is 2.74. The lowest BCUT2D eigenvalue weighted by molar-refractivity contribution is 0.232. The van der Waals surface area contributed by atoms with Crippen molar-refractivity contribution in [2.45, 2.75) is 46.3 Å². The lowest BCUT2D eigenvalue weighted by Gasteiger charge is -2.15. The molecular weight excluding hydrogens is 216 g/mol. The average molecular weight is 238 g/mol. The zero-order valence-corrected chi connectivity index (χ0v) is 11.0. The number of anilines is 1. The molecule has 3 N–H and O–H groups in total. The minimum Gasteiger partial charge on any atom is -0.475 e. The second-order valence-corrected chi connectivity index (χ2v) is 4.46. The van der Waals surface area contributed by atoms with Crippen LogP contribution in [0.4, 0.5) is 5.95 Å². The standard InChI is InChI=1S/C12H22N4O/c1-8(2)17-11-7-10(4)15-12(16-11)14-9(3)5-6-13/h7-9H,5-6,13H2,1-4H3,(H,14,15,16). The van der Waals surface area contributed by atoms with Crippen molar-refractivity contribution in [3.63, 3.8) is 0 Å². The normalized spacial score (nSPS) is 12.6. The number of aromatic nitrogens is 2. The Morgan fingerprint density at radius 1 is 1.35 bits per heavy atom. The van der Waals surface area contributed by atoms with Gasteiger partial charge in [0.25, 0.3) is 0 Å². The Hall–Kier alpha value is -1.36. The highest BCUT2D eigenvalue weighted by molar-refractivity contribution is 5.31. The third-order valence-corrected chi connectivity index (χ3v) is 2.16. The predicted molar refractivity (Wildman–Crippen MR) is 69.3 cm³/mol. The summed E-state index contributed by atoms with van der Waals surface area (Å²) in [5.41, 5.74) is 6.39. The molecule has 0 amide bonds. The van der Waals surface area contributed by atoms with Crippen LogP contribution in [-0.4, -0.2) is 28.7 Å². The molecule has 17 heavy (non-hydrogen) atoms. The van der Waals surface area contributed by atoms with E-state index in [9.17, 15) is 0 Å². The van der Waals surface area contributed by atoms with Crippen LogP contribution in [0.5, 0.6) is 5.88 Å². The zero-order chi connectivity index (χ0) is 12.8. The number of nitrogens with two attached hydrogens (primary N) is 1. The third-order valence-electron chi connectivity index (χ3n) is 2.16. The smallest absolute Gasteiger partial charge is 0.226 e. The fourth-order valence-electron chi connectivity index (χ4n) is 1.45. The lowest BCUT2D eigenvalue weighted by atomic mass is 10.2. The predicted octanol–water partition coefficient (Wildman–Crippen LogP) is 1.72. The maximum Gasteiger partial charge on any atom is 0.226 e. The molecule has 1 aromatic heterocycles. The highest BCUT2D eigenvalue weighted by Crippen LogP contribution is 2.14. The van der Waals surface area contributed by atoms with Gasteiger partial charge in [0.2, 0.25) is 11.8 Å². The molecule has 0 radical (unpaired) electrons. The largest absolute Gasteiger partial charge is 0.475 e. The molecule has 0 aromatic carbocycles. The first-order chi connectivity index (χ1) is 8.01. The number of aryl methyl sites for hydroxylation is 1. The second kappa shape index (κ2) is 6.39. The number of hydrogen-bond acceptors (Lipinski definition) is 5. The van der Waals surface area contributed by atoms with Gasteiger partial charge in [0.05, 0.1) is 6.10 Å². The second-order valence-electron chi connectivity index (χ2n) is 4.46. The van der Waals surface area contributed by atoms with Crippen molar-refractivity contribution in [2.75, 3.05) is 11.9 Å². The Kier molecular flexibility index (Phi) is 5.15. The minimum absolute atomic E-state index is 0.110. The summed E-state index contributed by atoms with van der Waals surface area (Å²) in [7, 11) is 0. The van der Waals surface area contributed by atoms with Gasteiger partial charge in [-0.2, -0.15) is 4.98 Å². The van der Waals surface area contributed by atoms with Crippen LogP contribution in [0, 0.1) is 6.92 Å². The zero-order valence-electron chi connectivity index (χ0n) is 11.0. The summed E-state index contributed by atoms with van der Waals surface area (Å²) in [4.78, 5) is 8.63. The Labute approximate surface area is 103 Å². The molecule has 0 bridgehead atoms. The Morgan fingerprint density at radius 2 is 2.06 bits per heavy atom. The number of ether oxygens (including phenoxy) is 1. The molecule has 1 atom stereocenters. The topological polar surface area (TPSA) is 73.1 Å². The first-order valence-corrected chi connectivity index (χ1v) is 6.00. The van der Waals surface area contributed by atoms with Crippen LogP contribution in [0.25, 0.3) is 0 Å². The van der Waals surface area contributed by atoms with Gasteiger partial charge >= 0.3 is 0 Å². The molecule has 0 aliphatic heterocycles. The highest BCUT2D eigenvalue weighted by Gasteiger charge is 2.07. The minimum atomic E-state index is 0.110. The summed E-state index contributed by atoms with van der Waals surface area (Å²) in [5, 5.41) is 3.22. The Morgan fingerprint density at radius 3 is 2.65 bits per heavy atom. The van der Waals surface area contributed by atoms with E-state index in [1.165, 1.54) is 0 Å². The van der Waals surface area contributed by atoms with Gasteiger partial charge in [-0.05, 0) is 40.7 Å². The van der Waals surface area contributed by atoms with Gasteiger partial charge in [-0.15, -0.1) is 0 Å². The van der Waals surface area contributed by atoms with Gasteiger partial charge in [-0.3, -0.25) is 0 Å². The van der Waals surface area contributed by atoms with Crippen LogP contribution in [0.3, 0.4) is 0 Å². The SMILES string of the molecule is Cc1cc(OC(C)C)nc(NC(C)CCN)n1. The van der Waals surface area contributed by atoms with Crippen LogP contribution in [0.2, 0.25) is 0 Å². The van der Waals surface area contributed by atoms with Crippen LogP contribution in [0.1, 0.15) is 32.9 Å². The summed E-state index contributed by atoms with van der Waals surface area (Å²) in [6, 6.07) is 2.09. The van der Waals surface area contributed by atoms with Gasteiger partial charge in [0.15, 0.2) is 0 Å². The van der Waals surface area contributed by atoms with E-state index >= 15 is 0 Å². The van der Waals surface area contributed by atoms with Crippen molar-refractivity contribution in [1.82, 2.24) is 9.97 Å². The number of nitrogens with zero attached hydrogens (tertiary/aromatic N) is 2. The Bertz CT molecular complexity index is 354. The van der Waals surface area contributed by atoms with Gasteiger partial charge in [0.1, 0.15) is 0 Å². The summed E-state index contributed by atoms with van der Waals surface area (Å²) in [6.07, 6.45) is 0.996. The summed E-state index contributed by atoms with van der Waals surface area (Å²) in [6.45, 7) is 8.58. The molecule has 0 aliphatic rings. The third kappa shape index (κ3) is 4.99. The maximum absolute atomic E-state index is 5.56. The molecule has 96 valence electrons. The van der Waals surface area contributed by atoms with E-state index in [0.29, 0.717) is 18.4 Å². The lowest BCUT2D eigenvalue weighted by Crippen LogP contribution is -2.21. The molecule has 0 aliphatic carbocycles. The average Bonchev–Trinajstić information content (AvgIpc) is 2.14. The van der Waals surface area contributed by atoms with E-state index in [-0.39, 0.29) is 12.1 Å². The molecule has 0 fully saturated rings.